The molecule has 0 rings (SSSR count). The molecule has 0 aromatic carbocycles. The van der Waals surface area contributed by atoms with Crippen molar-refractivity contribution in [3.8, 4) is 0 Å². The second-order valence-electron chi connectivity index (χ2n) is 0.581. The lowest BCUT2D eigenvalue weighted by atomic mass is 10.8. The highest BCUT2D eigenvalue weighted by Gasteiger charge is 1.82. The SMILES string of the molecule is NC(Cl)C=O. The molecule has 0 amide bonds. The van der Waals surface area contributed by atoms with Crippen molar-refractivity contribution < 1.29 is 4.79 Å². The minimum Gasteiger partial charge on any atom is -0.309 e. The Labute approximate surface area is 34.9 Å². The highest BCUT2D eigenvalue weighted by Crippen LogP contribution is 1.72. The van der Waals surface area contributed by atoms with Crippen molar-refractivity contribution in [2.45, 2.75) is 5.50 Å². The van der Waals surface area contributed by atoms with Crippen LogP contribution < -0.4 is 5.73 Å². The van der Waals surface area contributed by atoms with Crippen LogP contribution in [0.2, 0.25) is 0 Å². The Morgan fingerprint density at radius 2 is 2.20 bits per heavy atom. The van der Waals surface area contributed by atoms with Gasteiger partial charge in [0.05, 0.1) is 0 Å². The van der Waals surface area contributed by atoms with Crippen LogP contribution in [-0.4, -0.2) is 11.8 Å². The number of hydrogen-bond donors (Lipinski definition) is 1. The zero-order valence-electron chi connectivity index (χ0n) is 2.52. The second-order valence-corrected chi connectivity index (χ2v) is 1.08. The Bertz CT molecular complexity index is 36.6. The van der Waals surface area contributed by atoms with Gasteiger partial charge in [0, 0.05) is 0 Å². The first-order valence-electron chi connectivity index (χ1n) is 1.12. The molecule has 0 aliphatic rings. The van der Waals surface area contributed by atoms with Crippen LogP contribution in [0.25, 0.3) is 0 Å². The Balaban J connectivity index is 2.83. The van der Waals surface area contributed by atoms with Gasteiger partial charge >= 0.3 is 0 Å². The molecule has 0 radical (unpaired) electrons. The summed E-state index contributed by atoms with van der Waals surface area (Å²) in [5.41, 5.74) is 3.86. The quantitative estimate of drug-likeness (QED) is 0.275. The maximum absolute atomic E-state index is 9.25. The van der Waals surface area contributed by atoms with Crippen molar-refractivity contribution in [1.82, 2.24) is 0 Å². The van der Waals surface area contributed by atoms with Crippen LogP contribution in [0.5, 0.6) is 0 Å². The zero-order valence-corrected chi connectivity index (χ0v) is 3.27. The van der Waals surface area contributed by atoms with Gasteiger partial charge < -0.3 is 10.5 Å². The van der Waals surface area contributed by atoms with E-state index in [9.17, 15) is 4.79 Å². The molecule has 0 aromatic rings. The largest absolute Gasteiger partial charge is 0.309 e. The molecule has 0 bridgehead atoms. The molecule has 0 saturated heterocycles. The zero-order chi connectivity index (χ0) is 4.28. The second kappa shape index (κ2) is 2.18. The Morgan fingerprint density at radius 1 is 2.00 bits per heavy atom. The Morgan fingerprint density at radius 3 is 2.20 bits per heavy atom. The van der Waals surface area contributed by atoms with Crippen molar-refractivity contribution >= 4 is 17.9 Å². The number of alkyl halides is 1. The molecule has 0 spiro atoms. The monoisotopic (exact) mass is 93.0 g/mol. The van der Waals surface area contributed by atoms with Gasteiger partial charge in [-0.2, -0.15) is 0 Å². The highest BCUT2D eigenvalue weighted by atomic mass is 35.5. The van der Waals surface area contributed by atoms with Gasteiger partial charge in [-0.05, 0) is 0 Å². The number of nitrogens with two attached hydrogens (primary N) is 1. The van der Waals surface area contributed by atoms with Crippen molar-refractivity contribution in [2.75, 3.05) is 0 Å². The lowest BCUT2D eigenvalue weighted by Gasteiger charge is -1.77. The molecule has 2 nitrogen and oxygen atoms in total. The van der Waals surface area contributed by atoms with Crippen molar-refractivity contribution in [3.05, 3.63) is 0 Å². The smallest absolute Gasteiger partial charge is 0.151 e. The van der Waals surface area contributed by atoms with Gasteiger partial charge in [0.1, 0.15) is 5.50 Å². The first-order chi connectivity index (χ1) is 2.27. The molecule has 3 heteroatoms. The number of hydrogen-bond acceptors (Lipinski definition) is 2. The van der Waals surface area contributed by atoms with Crippen LogP contribution in [0.4, 0.5) is 0 Å². The molecule has 5 heavy (non-hydrogen) atoms. The number of carbonyl (C=O) groups excluding carboxylic acids is 1. The molecule has 0 heterocycles. The fourth-order valence-corrected chi connectivity index (χ4v) is 0. The van der Waals surface area contributed by atoms with Crippen molar-refractivity contribution in [2.24, 2.45) is 5.73 Å². The van der Waals surface area contributed by atoms with E-state index >= 15 is 0 Å². The first-order valence-corrected chi connectivity index (χ1v) is 1.56. The van der Waals surface area contributed by atoms with Gasteiger partial charge in [-0.15, -0.1) is 0 Å². The lowest BCUT2D eigenvalue weighted by Crippen LogP contribution is -2.11. The van der Waals surface area contributed by atoms with Crippen LogP contribution in [0.3, 0.4) is 0 Å². The average Bonchev–Trinajstić information content (AvgIpc) is 1.38. The summed E-state index contributed by atoms with van der Waals surface area (Å²) in [6.45, 7) is 0. The van der Waals surface area contributed by atoms with E-state index in [-0.39, 0.29) is 0 Å². The van der Waals surface area contributed by atoms with Crippen molar-refractivity contribution in [1.29, 1.82) is 0 Å². The van der Waals surface area contributed by atoms with Gasteiger partial charge in [-0.25, -0.2) is 0 Å². The minimum absolute atomic E-state index is 0.460. The molecule has 0 aliphatic carbocycles. The molecular formula is C2H4ClNO. The Kier molecular flexibility index (Phi) is 2.14. The van der Waals surface area contributed by atoms with E-state index in [1.54, 1.807) is 0 Å². The first kappa shape index (κ1) is 4.92. The van der Waals surface area contributed by atoms with E-state index < -0.39 is 5.50 Å². The summed E-state index contributed by atoms with van der Waals surface area (Å²) in [4.78, 5) is 9.25. The number of carbonyl (C=O) groups is 1. The van der Waals surface area contributed by atoms with Crippen LogP contribution in [0.1, 0.15) is 0 Å². The maximum atomic E-state index is 9.25. The Hall–Kier alpha value is -0.0800. The van der Waals surface area contributed by atoms with Crippen molar-refractivity contribution in [3.63, 3.8) is 0 Å². The molecule has 0 aromatic heterocycles. The molecule has 1 atom stereocenters. The van der Waals surface area contributed by atoms with E-state index in [0.29, 0.717) is 6.29 Å². The van der Waals surface area contributed by atoms with E-state index in [1.807, 2.05) is 0 Å². The van der Waals surface area contributed by atoms with Crippen LogP contribution in [0.15, 0.2) is 0 Å². The number of halogens is 1. The van der Waals surface area contributed by atoms with Gasteiger partial charge in [-0.1, -0.05) is 11.6 Å². The van der Waals surface area contributed by atoms with E-state index in [1.165, 1.54) is 0 Å². The van der Waals surface area contributed by atoms with Gasteiger partial charge in [0.2, 0.25) is 0 Å². The maximum Gasteiger partial charge on any atom is 0.151 e. The van der Waals surface area contributed by atoms with Gasteiger partial charge in [0.15, 0.2) is 6.29 Å². The third kappa shape index (κ3) is 3.92. The van der Waals surface area contributed by atoms with Gasteiger partial charge in [0.25, 0.3) is 0 Å². The molecule has 0 fully saturated rings. The summed E-state index contributed by atoms with van der Waals surface area (Å²) >= 11 is 4.87. The van der Waals surface area contributed by atoms with Crippen LogP contribution in [-0.2, 0) is 4.79 Å². The highest BCUT2D eigenvalue weighted by molar-refractivity contribution is 6.26. The summed E-state index contributed by atoms with van der Waals surface area (Å²) in [7, 11) is 0. The predicted octanol–water partition coefficient (Wildman–Crippen LogP) is -0.291. The fourth-order valence-electron chi connectivity index (χ4n) is 0. The lowest BCUT2D eigenvalue weighted by molar-refractivity contribution is -0.107. The van der Waals surface area contributed by atoms with Crippen LogP contribution in [0, 0.1) is 0 Å². The molecular weight excluding hydrogens is 89.5 g/mol. The van der Waals surface area contributed by atoms with Crippen LogP contribution >= 0.6 is 11.6 Å². The molecule has 30 valence electrons. The average molecular weight is 93.5 g/mol. The third-order valence-corrected chi connectivity index (χ3v) is 0.233. The number of aldehydes is 1. The standard InChI is InChI=1S/C2H4ClNO/c3-2(4)1-5/h1-2H,4H2. The predicted molar refractivity (Wildman–Crippen MR) is 19.9 cm³/mol. The summed E-state index contributed by atoms with van der Waals surface area (Å²) in [6, 6.07) is 0. The molecule has 0 aliphatic heterocycles. The fraction of sp³-hybridized carbons (Fsp3) is 0.500. The number of rotatable bonds is 1. The minimum atomic E-state index is -0.824. The summed E-state index contributed by atoms with van der Waals surface area (Å²) in [5, 5.41) is 0. The van der Waals surface area contributed by atoms with E-state index in [2.05, 4.69) is 5.73 Å². The topological polar surface area (TPSA) is 43.1 Å². The normalized spacial score (nSPS) is 14.0. The summed E-state index contributed by atoms with van der Waals surface area (Å²) < 4.78 is 0. The summed E-state index contributed by atoms with van der Waals surface area (Å²) in [5.74, 6) is 0. The van der Waals surface area contributed by atoms with E-state index in [0.717, 1.165) is 0 Å². The third-order valence-electron chi connectivity index (χ3n) is 0.130. The summed E-state index contributed by atoms with van der Waals surface area (Å²) in [6.07, 6.45) is 0.460. The molecule has 2 N–H and O–H groups in total. The van der Waals surface area contributed by atoms with E-state index in [4.69, 9.17) is 11.6 Å². The molecule has 0 saturated carbocycles. The van der Waals surface area contributed by atoms with Gasteiger partial charge in [-0.3, -0.25) is 0 Å². The molecule has 1 unspecified atom stereocenters.